The van der Waals surface area contributed by atoms with Crippen molar-refractivity contribution in [3.63, 3.8) is 0 Å². The van der Waals surface area contributed by atoms with Crippen LogP contribution < -0.4 is 9.88 Å². The predicted octanol–water partition coefficient (Wildman–Crippen LogP) is 2.92. The number of hydrogen-bond donors (Lipinski definition) is 1. The number of nitrogens with one attached hydrogen (secondary N) is 1. The molecule has 0 bridgehead atoms. The van der Waals surface area contributed by atoms with Crippen LogP contribution in [0.4, 0.5) is 5.69 Å². The van der Waals surface area contributed by atoms with E-state index in [-0.39, 0.29) is 5.91 Å². The van der Waals surface area contributed by atoms with Crippen LogP contribution in [0.2, 0.25) is 0 Å². The number of benzene rings is 2. The van der Waals surface area contributed by atoms with Crippen molar-refractivity contribution in [1.82, 2.24) is 0 Å². The van der Waals surface area contributed by atoms with Crippen LogP contribution in [0.5, 0.6) is 0 Å². The molecule has 0 fully saturated rings. The van der Waals surface area contributed by atoms with Gasteiger partial charge in [0, 0.05) is 28.8 Å². The monoisotopic (exact) mass is 263 g/mol. The fourth-order valence-corrected chi connectivity index (χ4v) is 2.24. The van der Waals surface area contributed by atoms with E-state index >= 15 is 0 Å². The average molecular weight is 263 g/mol. The van der Waals surface area contributed by atoms with Gasteiger partial charge in [-0.3, -0.25) is 4.79 Å². The fraction of sp³-hybridized carbons (Fsp3) is 0.0588. The van der Waals surface area contributed by atoms with Gasteiger partial charge in [0.1, 0.15) is 7.05 Å². The zero-order valence-electron chi connectivity index (χ0n) is 11.2. The number of rotatable bonds is 2. The zero-order valence-corrected chi connectivity index (χ0v) is 11.2. The van der Waals surface area contributed by atoms with Crippen LogP contribution in [-0.2, 0) is 7.05 Å². The Kier molecular flexibility index (Phi) is 3.17. The molecule has 2 aromatic carbocycles. The minimum atomic E-state index is -0.0924. The minimum absolute atomic E-state index is 0.0924. The van der Waals surface area contributed by atoms with Crippen molar-refractivity contribution in [3.8, 4) is 0 Å². The van der Waals surface area contributed by atoms with Crippen LogP contribution >= 0.6 is 0 Å². The lowest BCUT2D eigenvalue weighted by Crippen LogP contribution is -2.27. The second-order valence-corrected chi connectivity index (χ2v) is 4.71. The quantitative estimate of drug-likeness (QED) is 0.708. The van der Waals surface area contributed by atoms with Gasteiger partial charge >= 0.3 is 0 Å². The summed E-state index contributed by atoms with van der Waals surface area (Å²) in [6.07, 6.45) is 2.00. The molecule has 3 rings (SSSR count). The summed E-state index contributed by atoms with van der Waals surface area (Å²) in [6.45, 7) is 0. The Bertz CT molecular complexity index is 766. The number of hydrogen-bond acceptors (Lipinski definition) is 1. The normalized spacial score (nSPS) is 10.4. The topological polar surface area (TPSA) is 33.0 Å². The van der Waals surface area contributed by atoms with Crippen molar-refractivity contribution < 1.29 is 9.36 Å². The SMILES string of the molecule is C[n+]1cccc2cc(NC(=O)c3ccccc3)ccc21. The Balaban J connectivity index is 1.90. The van der Waals surface area contributed by atoms with Gasteiger partial charge in [-0.15, -0.1) is 0 Å². The van der Waals surface area contributed by atoms with Crippen LogP contribution in [0.3, 0.4) is 0 Å². The van der Waals surface area contributed by atoms with Crippen LogP contribution in [0.15, 0.2) is 66.9 Å². The largest absolute Gasteiger partial charge is 0.322 e. The maximum Gasteiger partial charge on any atom is 0.255 e. The van der Waals surface area contributed by atoms with Gasteiger partial charge in [-0.05, 0) is 30.3 Å². The molecule has 0 saturated carbocycles. The Labute approximate surface area is 117 Å². The fourth-order valence-electron chi connectivity index (χ4n) is 2.24. The number of amides is 1. The van der Waals surface area contributed by atoms with Gasteiger partial charge in [-0.2, -0.15) is 0 Å². The van der Waals surface area contributed by atoms with Gasteiger partial charge in [0.2, 0.25) is 5.52 Å². The molecule has 98 valence electrons. The molecule has 0 aliphatic rings. The molecule has 20 heavy (non-hydrogen) atoms. The third kappa shape index (κ3) is 2.38. The first-order valence-electron chi connectivity index (χ1n) is 6.49. The lowest BCUT2D eigenvalue weighted by atomic mass is 10.1. The first kappa shape index (κ1) is 12.4. The minimum Gasteiger partial charge on any atom is -0.322 e. The molecule has 1 N–H and O–H groups in total. The Morgan fingerprint density at radius 1 is 1.00 bits per heavy atom. The predicted molar refractivity (Wildman–Crippen MR) is 79.5 cm³/mol. The number of anilines is 1. The van der Waals surface area contributed by atoms with Gasteiger partial charge in [0.15, 0.2) is 6.20 Å². The number of aryl methyl sites for hydroxylation is 1. The van der Waals surface area contributed by atoms with E-state index in [9.17, 15) is 4.79 Å². The van der Waals surface area contributed by atoms with Crippen LogP contribution in [0.25, 0.3) is 10.9 Å². The van der Waals surface area contributed by atoms with Crippen molar-refractivity contribution in [2.45, 2.75) is 0 Å². The summed E-state index contributed by atoms with van der Waals surface area (Å²) < 4.78 is 2.05. The second kappa shape index (κ2) is 5.13. The average Bonchev–Trinajstić information content (AvgIpc) is 2.48. The molecule has 0 spiro atoms. The molecule has 3 heteroatoms. The molecule has 1 heterocycles. The highest BCUT2D eigenvalue weighted by Gasteiger charge is 2.08. The van der Waals surface area contributed by atoms with Crippen LogP contribution in [0, 0.1) is 0 Å². The lowest BCUT2D eigenvalue weighted by Gasteiger charge is -2.05. The number of nitrogens with zero attached hydrogens (tertiary/aromatic N) is 1. The number of fused-ring (bicyclic) bond motifs is 1. The van der Waals surface area contributed by atoms with Gasteiger partial charge < -0.3 is 5.32 Å². The van der Waals surface area contributed by atoms with Crippen molar-refractivity contribution in [3.05, 3.63) is 72.4 Å². The summed E-state index contributed by atoms with van der Waals surface area (Å²) in [5.41, 5.74) is 2.59. The maximum absolute atomic E-state index is 12.1. The Morgan fingerprint density at radius 2 is 1.80 bits per heavy atom. The van der Waals surface area contributed by atoms with Gasteiger partial charge in [-0.25, -0.2) is 4.57 Å². The molecular weight excluding hydrogens is 248 g/mol. The number of aromatic nitrogens is 1. The second-order valence-electron chi connectivity index (χ2n) is 4.71. The molecule has 3 nitrogen and oxygen atoms in total. The number of pyridine rings is 1. The standard InChI is InChI=1S/C17H14N2O/c1-19-11-5-8-14-12-15(9-10-16(14)19)18-17(20)13-6-3-2-4-7-13/h2-12H,1H3/p+1. The van der Waals surface area contributed by atoms with E-state index in [4.69, 9.17) is 0 Å². The Morgan fingerprint density at radius 3 is 2.60 bits per heavy atom. The highest BCUT2D eigenvalue weighted by atomic mass is 16.1. The van der Waals surface area contributed by atoms with Gasteiger partial charge in [0.25, 0.3) is 5.91 Å². The van der Waals surface area contributed by atoms with E-state index < -0.39 is 0 Å². The third-order valence-corrected chi connectivity index (χ3v) is 3.29. The van der Waals surface area contributed by atoms with Crippen LogP contribution in [0.1, 0.15) is 10.4 Å². The molecule has 0 saturated heterocycles. The van der Waals surface area contributed by atoms with Crippen LogP contribution in [-0.4, -0.2) is 5.91 Å². The van der Waals surface area contributed by atoms with Crippen molar-refractivity contribution in [2.24, 2.45) is 7.05 Å². The van der Waals surface area contributed by atoms with Gasteiger partial charge in [-0.1, -0.05) is 18.2 Å². The zero-order chi connectivity index (χ0) is 13.9. The molecule has 0 atom stereocenters. The Hall–Kier alpha value is -2.68. The summed E-state index contributed by atoms with van der Waals surface area (Å²) in [5, 5.41) is 4.02. The molecule has 1 aromatic heterocycles. The van der Waals surface area contributed by atoms with E-state index in [2.05, 4.69) is 9.88 Å². The summed E-state index contributed by atoms with van der Waals surface area (Å²) in [5.74, 6) is -0.0924. The molecular formula is C17H15N2O+. The molecule has 3 aromatic rings. The molecule has 0 aliphatic carbocycles. The summed E-state index contributed by atoms with van der Waals surface area (Å²) in [6, 6.07) is 19.2. The van der Waals surface area contributed by atoms with Crippen molar-refractivity contribution in [2.75, 3.05) is 5.32 Å². The highest BCUT2D eigenvalue weighted by molar-refractivity contribution is 6.04. The molecule has 1 amide bonds. The van der Waals surface area contributed by atoms with Crippen molar-refractivity contribution >= 4 is 22.5 Å². The first-order valence-corrected chi connectivity index (χ1v) is 6.49. The molecule has 0 unspecified atom stereocenters. The van der Waals surface area contributed by atoms with E-state index in [0.29, 0.717) is 5.56 Å². The molecule has 0 aliphatic heterocycles. The van der Waals surface area contributed by atoms with E-state index in [1.165, 1.54) is 0 Å². The van der Waals surface area contributed by atoms with E-state index in [1.54, 1.807) is 12.1 Å². The summed E-state index contributed by atoms with van der Waals surface area (Å²) >= 11 is 0. The summed E-state index contributed by atoms with van der Waals surface area (Å²) in [4.78, 5) is 12.1. The van der Waals surface area contributed by atoms with E-state index in [1.807, 2.05) is 61.8 Å². The first-order chi connectivity index (χ1) is 9.74. The smallest absolute Gasteiger partial charge is 0.255 e. The number of carbonyl (C=O) groups excluding carboxylic acids is 1. The van der Waals surface area contributed by atoms with Gasteiger partial charge in [0.05, 0.1) is 0 Å². The summed E-state index contributed by atoms with van der Waals surface area (Å²) in [7, 11) is 2.00. The lowest BCUT2D eigenvalue weighted by molar-refractivity contribution is -0.644. The number of carbonyl (C=O) groups is 1. The highest BCUT2D eigenvalue weighted by Crippen LogP contribution is 2.16. The molecule has 0 radical (unpaired) electrons. The van der Waals surface area contributed by atoms with Crippen molar-refractivity contribution in [1.29, 1.82) is 0 Å². The third-order valence-electron chi connectivity index (χ3n) is 3.29. The maximum atomic E-state index is 12.1. The van der Waals surface area contributed by atoms with E-state index in [0.717, 1.165) is 16.6 Å².